The number of benzene rings is 1. The maximum absolute atomic E-state index is 6.05. The zero-order valence-electron chi connectivity index (χ0n) is 9.42. The van der Waals surface area contributed by atoms with Crippen molar-refractivity contribution in [1.29, 1.82) is 0 Å². The maximum Gasteiger partial charge on any atom is 0.223 e. The minimum absolute atomic E-state index is 0.836. The van der Waals surface area contributed by atoms with Gasteiger partial charge >= 0.3 is 0 Å². The third kappa shape index (κ3) is 2.25. The van der Waals surface area contributed by atoms with Crippen LogP contribution in [0.1, 0.15) is 20.8 Å². The highest BCUT2D eigenvalue weighted by molar-refractivity contribution is 6.86. The molecule has 0 aromatic heterocycles. The van der Waals surface area contributed by atoms with E-state index in [0.29, 0.717) is 0 Å². The highest BCUT2D eigenvalue weighted by Crippen LogP contribution is 2.16. The van der Waals surface area contributed by atoms with Crippen LogP contribution in [0.2, 0.25) is 12.1 Å². The van der Waals surface area contributed by atoms with Crippen LogP contribution in [0, 0.1) is 0 Å². The van der Waals surface area contributed by atoms with Crippen LogP contribution >= 0.6 is 0 Å². The van der Waals surface area contributed by atoms with Gasteiger partial charge in [-0.25, -0.2) is 0 Å². The molecule has 0 heterocycles. The van der Waals surface area contributed by atoms with Crippen LogP contribution in [0.4, 0.5) is 0 Å². The predicted octanol–water partition coefficient (Wildman–Crippen LogP) is 2.92. The monoisotopic (exact) mass is 208 g/mol. The van der Waals surface area contributed by atoms with Gasteiger partial charge < -0.3 is 4.43 Å². The zero-order valence-corrected chi connectivity index (χ0v) is 10.4. The van der Waals surface area contributed by atoms with Crippen LogP contribution < -0.4 is 5.19 Å². The molecule has 0 saturated carbocycles. The summed E-state index contributed by atoms with van der Waals surface area (Å²) in [5, 5.41) is 1.44. The van der Waals surface area contributed by atoms with Crippen molar-refractivity contribution in [3.05, 3.63) is 30.3 Å². The SMILES string of the molecule is CCO[Si](CC)(CC)c1ccccc1. The smallest absolute Gasteiger partial charge is 0.223 e. The van der Waals surface area contributed by atoms with Gasteiger partial charge in [0.05, 0.1) is 0 Å². The first kappa shape index (κ1) is 11.5. The van der Waals surface area contributed by atoms with Crippen molar-refractivity contribution >= 4 is 13.5 Å². The van der Waals surface area contributed by atoms with Crippen molar-refractivity contribution in [1.82, 2.24) is 0 Å². The Morgan fingerprint density at radius 2 is 1.57 bits per heavy atom. The van der Waals surface area contributed by atoms with Gasteiger partial charge in [-0.05, 0) is 24.2 Å². The summed E-state index contributed by atoms with van der Waals surface area (Å²) in [6, 6.07) is 13.1. The first-order chi connectivity index (χ1) is 6.79. The average molecular weight is 208 g/mol. The fraction of sp³-hybridized carbons (Fsp3) is 0.500. The molecule has 14 heavy (non-hydrogen) atoms. The lowest BCUT2D eigenvalue weighted by molar-refractivity contribution is 0.330. The maximum atomic E-state index is 6.05. The molecule has 78 valence electrons. The first-order valence-electron chi connectivity index (χ1n) is 5.48. The van der Waals surface area contributed by atoms with Gasteiger partial charge in [-0.2, -0.15) is 0 Å². The van der Waals surface area contributed by atoms with Crippen molar-refractivity contribution in [2.45, 2.75) is 32.9 Å². The summed E-state index contributed by atoms with van der Waals surface area (Å²) in [7, 11) is -1.62. The van der Waals surface area contributed by atoms with E-state index in [1.807, 2.05) is 0 Å². The van der Waals surface area contributed by atoms with E-state index in [-0.39, 0.29) is 0 Å². The second-order valence-corrected chi connectivity index (χ2v) is 7.77. The van der Waals surface area contributed by atoms with E-state index in [1.54, 1.807) is 0 Å². The molecule has 1 nitrogen and oxygen atoms in total. The molecule has 0 amide bonds. The standard InChI is InChI=1S/C12H20OSi/c1-4-13-14(5-2,6-3)12-10-8-7-9-11-12/h7-11H,4-6H2,1-3H3. The third-order valence-corrected chi connectivity index (χ3v) is 7.37. The molecule has 0 aliphatic carbocycles. The van der Waals surface area contributed by atoms with Crippen molar-refractivity contribution in [2.24, 2.45) is 0 Å². The molecular formula is C12H20OSi. The molecule has 0 spiro atoms. The fourth-order valence-corrected chi connectivity index (χ4v) is 5.21. The molecule has 1 aromatic rings. The Labute approximate surface area is 88.2 Å². The highest BCUT2D eigenvalue weighted by Gasteiger charge is 2.32. The van der Waals surface area contributed by atoms with E-state index in [9.17, 15) is 0 Å². The zero-order chi connectivity index (χ0) is 10.4. The Balaban J connectivity index is 2.98. The highest BCUT2D eigenvalue weighted by atomic mass is 28.4. The van der Waals surface area contributed by atoms with Crippen LogP contribution in [0.3, 0.4) is 0 Å². The molecular weight excluding hydrogens is 188 g/mol. The lowest BCUT2D eigenvalue weighted by atomic mass is 10.4. The van der Waals surface area contributed by atoms with E-state index in [1.165, 1.54) is 17.3 Å². The van der Waals surface area contributed by atoms with Crippen molar-refractivity contribution in [3.8, 4) is 0 Å². The lowest BCUT2D eigenvalue weighted by Gasteiger charge is -2.29. The average Bonchev–Trinajstić information content (AvgIpc) is 2.27. The second kappa shape index (κ2) is 5.32. The van der Waals surface area contributed by atoms with Crippen LogP contribution in [0.25, 0.3) is 0 Å². The summed E-state index contributed by atoms with van der Waals surface area (Å²) in [6.07, 6.45) is 0. The van der Waals surface area contributed by atoms with Gasteiger partial charge in [0.2, 0.25) is 8.32 Å². The Hall–Kier alpha value is -0.603. The number of hydrogen-bond acceptors (Lipinski definition) is 1. The second-order valence-electron chi connectivity index (χ2n) is 3.50. The van der Waals surface area contributed by atoms with Gasteiger partial charge in [0.1, 0.15) is 0 Å². The molecule has 1 aromatic carbocycles. The Morgan fingerprint density at radius 3 is 2.00 bits per heavy atom. The van der Waals surface area contributed by atoms with Crippen LogP contribution in [-0.4, -0.2) is 14.9 Å². The molecule has 0 fully saturated rings. The molecule has 0 aliphatic heterocycles. The minimum Gasteiger partial charge on any atom is -0.413 e. The Morgan fingerprint density at radius 1 is 1.00 bits per heavy atom. The minimum atomic E-state index is -1.62. The van der Waals surface area contributed by atoms with Gasteiger partial charge in [0.15, 0.2) is 0 Å². The van der Waals surface area contributed by atoms with Crippen molar-refractivity contribution in [2.75, 3.05) is 6.61 Å². The molecule has 0 saturated heterocycles. The molecule has 0 radical (unpaired) electrons. The van der Waals surface area contributed by atoms with Gasteiger partial charge in [0.25, 0.3) is 0 Å². The fourth-order valence-electron chi connectivity index (χ4n) is 1.96. The summed E-state index contributed by atoms with van der Waals surface area (Å²) in [5.74, 6) is 0. The molecule has 0 N–H and O–H groups in total. The molecule has 0 atom stereocenters. The van der Waals surface area contributed by atoms with E-state index < -0.39 is 8.32 Å². The Bertz CT molecular complexity index is 254. The molecule has 0 bridgehead atoms. The summed E-state index contributed by atoms with van der Waals surface area (Å²) in [6.45, 7) is 7.43. The van der Waals surface area contributed by atoms with Crippen molar-refractivity contribution < 1.29 is 4.43 Å². The summed E-state index contributed by atoms with van der Waals surface area (Å²) in [5.41, 5.74) is 0. The normalized spacial score (nSPS) is 11.6. The van der Waals surface area contributed by atoms with E-state index in [4.69, 9.17) is 4.43 Å². The number of hydrogen-bond donors (Lipinski definition) is 0. The first-order valence-corrected chi connectivity index (χ1v) is 7.80. The summed E-state index contributed by atoms with van der Waals surface area (Å²) < 4.78 is 6.05. The number of rotatable bonds is 5. The Kier molecular flexibility index (Phi) is 4.36. The van der Waals surface area contributed by atoms with Crippen LogP contribution in [-0.2, 0) is 4.43 Å². The topological polar surface area (TPSA) is 9.23 Å². The molecule has 1 rings (SSSR count). The lowest BCUT2D eigenvalue weighted by Crippen LogP contribution is -2.49. The largest absolute Gasteiger partial charge is 0.413 e. The van der Waals surface area contributed by atoms with Gasteiger partial charge in [0, 0.05) is 6.61 Å². The molecule has 0 aliphatic rings. The molecule has 0 unspecified atom stereocenters. The predicted molar refractivity (Wildman–Crippen MR) is 64.4 cm³/mol. The summed E-state index contributed by atoms with van der Waals surface area (Å²) >= 11 is 0. The van der Waals surface area contributed by atoms with Gasteiger partial charge in [-0.15, -0.1) is 0 Å². The van der Waals surface area contributed by atoms with E-state index >= 15 is 0 Å². The summed E-state index contributed by atoms with van der Waals surface area (Å²) in [4.78, 5) is 0. The van der Waals surface area contributed by atoms with Crippen LogP contribution in [0.5, 0.6) is 0 Å². The van der Waals surface area contributed by atoms with E-state index in [2.05, 4.69) is 51.1 Å². The van der Waals surface area contributed by atoms with Crippen LogP contribution in [0.15, 0.2) is 30.3 Å². The third-order valence-electron chi connectivity index (χ3n) is 2.86. The van der Waals surface area contributed by atoms with Gasteiger partial charge in [-0.1, -0.05) is 44.2 Å². The quantitative estimate of drug-likeness (QED) is 0.676. The van der Waals surface area contributed by atoms with Crippen molar-refractivity contribution in [3.63, 3.8) is 0 Å². The van der Waals surface area contributed by atoms with E-state index in [0.717, 1.165) is 6.61 Å². The van der Waals surface area contributed by atoms with Gasteiger partial charge in [-0.3, -0.25) is 0 Å². The molecule has 2 heteroatoms.